The maximum absolute atomic E-state index is 6.18. The summed E-state index contributed by atoms with van der Waals surface area (Å²) < 4.78 is 12.4. The fraction of sp³-hybridized carbons (Fsp3) is 0.500. The fourth-order valence-corrected chi connectivity index (χ4v) is 8.65. The first-order valence-corrected chi connectivity index (χ1v) is 12.0. The molecule has 2 atom stereocenters. The molecule has 1 aliphatic heterocycles. The second kappa shape index (κ2) is 6.17. The molecule has 0 radical (unpaired) electrons. The van der Waals surface area contributed by atoms with Crippen LogP contribution in [-0.2, 0) is 9.05 Å². The van der Waals surface area contributed by atoms with E-state index in [4.69, 9.17) is 9.05 Å². The van der Waals surface area contributed by atoms with Gasteiger partial charge in [-0.15, -0.1) is 0 Å². The second-order valence-corrected chi connectivity index (χ2v) is 11.4. The topological polar surface area (TPSA) is 18.5 Å². The molecule has 0 N–H and O–H groups in total. The van der Waals surface area contributed by atoms with Crippen LogP contribution in [-0.4, -0.2) is 42.3 Å². The molecule has 0 amide bonds. The molecule has 5 heteroatoms. The van der Waals surface area contributed by atoms with E-state index in [1.165, 1.54) is 10.6 Å². The van der Waals surface area contributed by atoms with Gasteiger partial charge >= 0.3 is 117 Å². The van der Waals surface area contributed by atoms with Gasteiger partial charge in [0.15, 0.2) is 0 Å². The Kier molecular flexibility index (Phi) is 5.09. The van der Waals surface area contributed by atoms with Crippen LogP contribution in [0.1, 0.15) is 13.8 Å². The van der Waals surface area contributed by atoms with E-state index < -0.39 is 5.96 Å². The summed E-state index contributed by atoms with van der Waals surface area (Å²) in [6.45, 7) is 4.30. The summed E-state index contributed by atoms with van der Waals surface area (Å²) in [5.74, 6) is -2.01. The van der Waals surface area contributed by atoms with Crippen LogP contribution >= 0.6 is 5.96 Å². The van der Waals surface area contributed by atoms with Gasteiger partial charge in [0.05, 0.1) is 0 Å². The zero-order valence-corrected chi connectivity index (χ0v) is 14.4. The van der Waals surface area contributed by atoms with Crippen molar-refractivity contribution in [2.45, 2.75) is 36.7 Å². The van der Waals surface area contributed by atoms with Crippen molar-refractivity contribution >= 4 is 41.3 Å². The molecule has 1 aromatic rings. The van der Waals surface area contributed by atoms with E-state index in [0.29, 0.717) is 15.0 Å². The molecule has 1 fully saturated rings. The van der Waals surface area contributed by atoms with Crippen molar-refractivity contribution in [3.05, 3.63) is 30.3 Å². The van der Waals surface area contributed by atoms with Crippen LogP contribution in [0.5, 0.6) is 0 Å². The van der Waals surface area contributed by atoms with Gasteiger partial charge in [0, 0.05) is 0 Å². The predicted octanol–water partition coefficient (Wildman–Crippen LogP) is 2.61. The first kappa shape index (κ1) is 14.0. The third-order valence-corrected chi connectivity index (χ3v) is 9.99. The van der Waals surface area contributed by atoms with E-state index in [9.17, 15) is 0 Å². The second-order valence-electron chi connectivity index (χ2n) is 4.20. The van der Waals surface area contributed by atoms with E-state index in [2.05, 4.69) is 41.1 Å². The Labute approximate surface area is 117 Å². The number of rotatable bonds is 1. The van der Waals surface area contributed by atoms with Crippen molar-refractivity contribution in [2.24, 2.45) is 0 Å². The molecule has 17 heavy (non-hydrogen) atoms. The normalized spacial score (nSPS) is 34.9. The summed E-state index contributed by atoms with van der Waals surface area (Å²) >= 11 is 3.85. The van der Waals surface area contributed by atoms with Crippen LogP contribution < -0.4 is 5.30 Å². The Hall–Kier alpha value is 0.609. The SMILES string of the molecule is CC1C[Se]CC(C)OP(=[Se])(c2ccccc2)O1. The molecule has 0 saturated carbocycles. The molecule has 94 valence electrons. The molecule has 1 aliphatic rings. The van der Waals surface area contributed by atoms with Gasteiger partial charge in [-0.05, 0) is 0 Å². The molecular formula is C12H17O2PSe2. The van der Waals surface area contributed by atoms with Crippen molar-refractivity contribution in [3.63, 3.8) is 0 Å². The summed E-state index contributed by atoms with van der Waals surface area (Å²) in [5.41, 5.74) is 0. The molecular weight excluding hydrogens is 365 g/mol. The zero-order valence-electron chi connectivity index (χ0n) is 10.0. The monoisotopic (exact) mass is 384 g/mol. The predicted molar refractivity (Wildman–Crippen MR) is 75.2 cm³/mol. The minimum absolute atomic E-state index is 0.289. The van der Waals surface area contributed by atoms with Gasteiger partial charge in [0.25, 0.3) is 0 Å². The Morgan fingerprint density at radius 1 is 1.12 bits per heavy atom. The molecule has 2 nitrogen and oxygen atoms in total. The van der Waals surface area contributed by atoms with Crippen molar-refractivity contribution in [1.29, 1.82) is 0 Å². The third kappa shape index (κ3) is 3.78. The van der Waals surface area contributed by atoms with E-state index in [-0.39, 0.29) is 12.2 Å². The Balaban J connectivity index is 2.28. The Bertz CT molecular complexity index is 394. The van der Waals surface area contributed by atoms with Crippen LogP contribution in [0.15, 0.2) is 30.3 Å². The molecule has 0 bridgehead atoms. The van der Waals surface area contributed by atoms with Crippen LogP contribution in [0.4, 0.5) is 0 Å². The van der Waals surface area contributed by atoms with Crippen LogP contribution in [0.3, 0.4) is 0 Å². The van der Waals surface area contributed by atoms with E-state index >= 15 is 0 Å². The quantitative estimate of drug-likeness (QED) is 0.549. The van der Waals surface area contributed by atoms with E-state index in [0.717, 1.165) is 5.30 Å². The Morgan fingerprint density at radius 3 is 2.18 bits per heavy atom. The summed E-state index contributed by atoms with van der Waals surface area (Å²) in [6.07, 6.45) is 0.578. The molecule has 0 spiro atoms. The number of hydrogen-bond donors (Lipinski definition) is 0. The standard InChI is InChI=1S/C12H17O2PSe2/c1-10-8-17-9-11(2)14-15(16,13-10)12-6-4-3-5-7-12/h3-7,10-11H,8-9H2,1-2H3. The molecule has 1 aromatic carbocycles. The third-order valence-electron chi connectivity index (χ3n) is 2.41. The van der Waals surface area contributed by atoms with Crippen LogP contribution in [0.2, 0.25) is 10.6 Å². The van der Waals surface area contributed by atoms with E-state index in [1.54, 1.807) is 0 Å². The van der Waals surface area contributed by atoms with Gasteiger partial charge in [-0.3, -0.25) is 0 Å². The molecule has 2 unspecified atom stereocenters. The van der Waals surface area contributed by atoms with Crippen molar-refractivity contribution in [3.8, 4) is 0 Å². The van der Waals surface area contributed by atoms with Gasteiger partial charge in [0.2, 0.25) is 0 Å². The first-order valence-electron chi connectivity index (χ1n) is 5.70. The average Bonchev–Trinajstić information content (AvgIpc) is 2.28. The van der Waals surface area contributed by atoms with Crippen LogP contribution in [0.25, 0.3) is 0 Å². The van der Waals surface area contributed by atoms with Gasteiger partial charge in [-0.2, -0.15) is 0 Å². The average molecular weight is 382 g/mol. The number of benzene rings is 1. The summed E-state index contributed by atoms with van der Waals surface area (Å²) in [4.78, 5) is 0. The number of hydrogen-bond acceptors (Lipinski definition) is 2. The zero-order chi connectivity index (χ0) is 12.3. The van der Waals surface area contributed by atoms with E-state index in [1.807, 2.05) is 18.2 Å². The van der Waals surface area contributed by atoms with Gasteiger partial charge in [-0.1, -0.05) is 0 Å². The first-order chi connectivity index (χ1) is 8.10. The molecule has 1 heterocycles. The Morgan fingerprint density at radius 2 is 1.65 bits per heavy atom. The van der Waals surface area contributed by atoms with Gasteiger partial charge in [-0.25, -0.2) is 0 Å². The summed E-state index contributed by atoms with van der Waals surface area (Å²) in [7, 11) is 0. The fourth-order valence-electron chi connectivity index (χ4n) is 1.69. The van der Waals surface area contributed by atoms with Crippen molar-refractivity contribution < 1.29 is 9.05 Å². The van der Waals surface area contributed by atoms with Crippen molar-refractivity contribution in [1.82, 2.24) is 0 Å². The van der Waals surface area contributed by atoms with Crippen molar-refractivity contribution in [2.75, 3.05) is 0 Å². The molecule has 1 saturated heterocycles. The summed E-state index contributed by atoms with van der Waals surface area (Å²) in [6, 6.07) is 10.3. The molecule has 0 aromatic heterocycles. The summed E-state index contributed by atoms with van der Waals surface area (Å²) in [5, 5.41) is 3.52. The molecule has 0 aliphatic carbocycles. The maximum atomic E-state index is 6.18. The minimum atomic E-state index is -2.01. The van der Waals surface area contributed by atoms with Crippen LogP contribution in [0, 0.1) is 0 Å². The molecule has 2 rings (SSSR count). The van der Waals surface area contributed by atoms with Gasteiger partial charge in [0.1, 0.15) is 0 Å². The van der Waals surface area contributed by atoms with Gasteiger partial charge < -0.3 is 0 Å².